The number of nitriles is 1. The molecule has 28 heavy (non-hydrogen) atoms. The van der Waals surface area contributed by atoms with Gasteiger partial charge in [-0.3, -0.25) is 4.79 Å². The van der Waals surface area contributed by atoms with Crippen LogP contribution in [0.4, 0.5) is 5.69 Å². The van der Waals surface area contributed by atoms with E-state index in [1.807, 2.05) is 6.07 Å². The number of carbonyl (C=O) groups excluding carboxylic acids is 1. The fourth-order valence-corrected chi connectivity index (χ4v) is 4.17. The lowest BCUT2D eigenvalue weighted by Crippen LogP contribution is -2.45. The van der Waals surface area contributed by atoms with Gasteiger partial charge < -0.3 is 20.2 Å². The van der Waals surface area contributed by atoms with Gasteiger partial charge in [0, 0.05) is 5.56 Å². The summed E-state index contributed by atoms with van der Waals surface area (Å²) < 4.78 is 11.1. The Morgan fingerprint density at radius 2 is 1.93 bits per heavy atom. The molecule has 0 fully saturated rings. The van der Waals surface area contributed by atoms with E-state index in [2.05, 4.69) is 5.32 Å². The molecule has 1 atom stereocenters. The van der Waals surface area contributed by atoms with Crippen LogP contribution in [0.2, 0.25) is 5.02 Å². The van der Waals surface area contributed by atoms with E-state index in [1.54, 1.807) is 42.5 Å². The molecule has 1 aromatic heterocycles. The van der Waals surface area contributed by atoms with Crippen molar-refractivity contribution in [2.45, 2.75) is 5.41 Å². The maximum atomic E-state index is 13.3. The van der Waals surface area contributed by atoms with Gasteiger partial charge in [0.2, 0.25) is 11.8 Å². The van der Waals surface area contributed by atoms with Gasteiger partial charge in [-0.15, -0.1) is 0 Å². The number of carbonyl (C=O) groups is 1. The topological polar surface area (TPSA) is 118 Å². The van der Waals surface area contributed by atoms with E-state index in [-0.39, 0.29) is 33.4 Å². The van der Waals surface area contributed by atoms with Crippen molar-refractivity contribution in [3.8, 4) is 11.8 Å². The maximum absolute atomic E-state index is 13.3. The summed E-state index contributed by atoms with van der Waals surface area (Å²) in [6.45, 7) is 0. The molecule has 1 amide bonds. The van der Waals surface area contributed by atoms with E-state index in [0.717, 1.165) is 0 Å². The lowest BCUT2D eigenvalue weighted by molar-refractivity contribution is -0.118. The molecular formula is C20H10ClN3O4. The molecule has 0 saturated carbocycles. The molecule has 3 heterocycles. The lowest BCUT2D eigenvalue weighted by Gasteiger charge is -2.32. The zero-order chi connectivity index (χ0) is 19.6. The van der Waals surface area contributed by atoms with Gasteiger partial charge in [-0.1, -0.05) is 35.9 Å². The summed E-state index contributed by atoms with van der Waals surface area (Å²) in [4.78, 5) is 26.3. The molecule has 0 radical (unpaired) electrons. The predicted octanol–water partition coefficient (Wildman–Crippen LogP) is 2.77. The van der Waals surface area contributed by atoms with E-state index in [9.17, 15) is 14.9 Å². The first-order valence-electron chi connectivity index (χ1n) is 8.25. The molecule has 8 heteroatoms. The average molecular weight is 392 g/mol. The van der Waals surface area contributed by atoms with Crippen molar-refractivity contribution in [2.75, 3.05) is 5.32 Å². The molecule has 3 N–H and O–H groups in total. The fraction of sp³-hybridized carbons (Fsp3) is 0.0500. The fourth-order valence-electron chi connectivity index (χ4n) is 3.95. The quantitative estimate of drug-likeness (QED) is 0.569. The summed E-state index contributed by atoms with van der Waals surface area (Å²) >= 11 is 6.25. The minimum absolute atomic E-state index is 0.0892. The lowest BCUT2D eigenvalue weighted by atomic mass is 9.69. The smallest absolute Gasteiger partial charge is 0.345 e. The molecule has 5 rings (SSSR count). The van der Waals surface area contributed by atoms with Crippen LogP contribution in [-0.2, 0) is 10.2 Å². The molecule has 1 spiro atoms. The molecule has 136 valence electrons. The zero-order valence-corrected chi connectivity index (χ0v) is 14.8. The molecule has 0 saturated heterocycles. The molecule has 2 aliphatic rings. The Morgan fingerprint density at radius 3 is 2.71 bits per heavy atom. The number of para-hydroxylation sites is 2. The highest BCUT2D eigenvalue weighted by Gasteiger charge is 2.59. The average Bonchev–Trinajstić information content (AvgIpc) is 2.96. The van der Waals surface area contributed by atoms with Gasteiger partial charge in [0.05, 0.1) is 16.1 Å². The number of rotatable bonds is 0. The van der Waals surface area contributed by atoms with Crippen molar-refractivity contribution >= 4 is 34.2 Å². The van der Waals surface area contributed by atoms with Gasteiger partial charge in [-0.25, -0.2) is 4.79 Å². The van der Waals surface area contributed by atoms with E-state index >= 15 is 0 Å². The van der Waals surface area contributed by atoms with Crippen molar-refractivity contribution in [3.05, 3.63) is 80.5 Å². The van der Waals surface area contributed by atoms with Crippen molar-refractivity contribution in [1.29, 1.82) is 5.26 Å². The SMILES string of the molecule is N#CC1=C(N)Oc2c(c(=O)oc3ccccc23)C12C(=O)Nc1c(Cl)cccc12. The van der Waals surface area contributed by atoms with Crippen LogP contribution in [0.15, 0.2) is 63.1 Å². The van der Waals surface area contributed by atoms with Crippen molar-refractivity contribution < 1.29 is 13.9 Å². The number of hydrogen-bond acceptors (Lipinski definition) is 6. The van der Waals surface area contributed by atoms with E-state index in [1.165, 1.54) is 0 Å². The molecule has 3 aromatic rings. The Morgan fingerprint density at radius 1 is 1.14 bits per heavy atom. The van der Waals surface area contributed by atoms with Crippen LogP contribution in [0.25, 0.3) is 11.0 Å². The molecule has 0 aliphatic carbocycles. The molecule has 2 aromatic carbocycles. The largest absolute Gasteiger partial charge is 0.439 e. The number of fused-ring (bicyclic) bond motifs is 6. The van der Waals surface area contributed by atoms with Crippen LogP contribution in [0.1, 0.15) is 11.1 Å². The second-order valence-corrected chi connectivity index (χ2v) is 6.82. The highest BCUT2D eigenvalue weighted by Crippen LogP contribution is 2.54. The van der Waals surface area contributed by atoms with E-state index in [0.29, 0.717) is 16.6 Å². The number of nitrogens with zero attached hydrogens (tertiary/aromatic N) is 1. The van der Waals surface area contributed by atoms with Gasteiger partial charge in [-0.2, -0.15) is 5.26 Å². The number of hydrogen-bond donors (Lipinski definition) is 2. The number of nitrogens with two attached hydrogens (primary N) is 1. The summed E-state index contributed by atoms with van der Waals surface area (Å²) in [5.41, 5.74) is 4.09. The van der Waals surface area contributed by atoms with Crippen LogP contribution in [0.5, 0.6) is 5.75 Å². The van der Waals surface area contributed by atoms with Crippen LogP contribution in [0.3, 0.4) is 0 Å². The third-order valence-electron chi connectivity index (χ3n) is 5.08. The Bertz CT molecular complexity index is 1350. The van der Waals surface area contributed by atoms with Gasteiger partial charge in [0.25, 0.3) is 0 Å². The van der Waals surface area contributed by atoms with Crippen molar-refractivity contribution in [2.24, 2.45) is 5.73 Å². The van der Waals surface area contributed by atoms with Crippen molar-refractivity contribution in [1.82, 2.24) is 0 Å². The maximum Gasteiger partial charge on any atom is 0.345 e. The van der Waals surface area contributed by atoms with Crippen LogP contribution < -0.4 is 21.4 Å². The third kappa shape index (κ3) is 1.77. The van der Waals surface area contributed by atoms with E-state index < -0.39 is 16.9 Å². The summed E-state index contributed by atoms with van der Waals surface area (Å²) in [5, 5.41) is 13.2. The second kappa shape index (κ2) is 5.38. The zero-order valence-electron chi connectivity index (χ0n) is 14.1. The standard InChI is InChI=1S/C20H10ClN3O4/c21-12-6-3-5-10-15(12)24-19(26)20(10)11(8-22)17(23)28-16-9-4-1-2-7-13(9)27-18(25)14(16)20/h1-7H,23H2,(H,24,26). The minimum Gasteiger partial charge on any atom is -0.439 e. The first-order valence-corrected chi connectivity index (χ1v) is 8.63. The van der Waals surface area contributed by atoms with Crippen molar-refractivity contribution in [3.63, 3.8) is 0 Å². The molecular weight excluding hydrogens is 382 g/mol. The summed E-state index contributed by atoms with van der Waals surface area (Å²) in [7, 11) is 0. The Hall–Kier alpha value is -3.76. The number of amides is 1. The monoisotopic (exact) mass is 391 g/mol. The molecule has 1 unspecified atom stereocenters. The molecule has 2 aliphatic heterocycles. The van der Waals surface area contributed by atoms with Gasteiger partial charge in [0.15, 0.2) is 11.2 Å². The highest BCUT2D eigenvalue weighted by molar-refractivity contribution is 6.35. The number of ether oxygens (including phenoxy) is 1. The second-order valence-electron chi connectivity index (χ2n) is 6.41. The van der Waals surface area contributed by atoms with Crippen LogP contribution >= 0.6 is 11.6 Å². The molecule has 7 nitrogen and oxygen atoms in total. The number of benzene rings is 2. The Labute approximate surface area is 162 Å². The van der Waals surface area contributed by atoms with Gasteiger partial charge in [0.1, 0.15) is 22.8 Å². The Kier molecular flexibility index (Phi) is 3.15. The van der Waals surface area contributed by atoms with Crippen LogP contribution in [0, 0.1) is 11.3 Å². The minimum atomic E-state index is -1.81. The number of nitrogens with one attached hydrogen (secondary N) is 1. The summed E-state index contributed by atoms with van der Waals surface area (Å²) in [6.07, 6.45) is 0. The van der Waals surface area contributed by atoms with Gasteiger partial charge in [-0.05, 0) is 18.2 Å². The number of anilines is 1. The normalized spacial score (nSPS) is 19.8. The molecule has 0 bridgehead atoms. The number of halogens is 1. The highest BCUT2D eigenvalue weighted by atomic mass is 35.5. The first-order chi connectivity index (χ1) is 13.5. The summed E-state index contributed by atoms with van der Waals surface area (Å²) in [6, 6.07) is 13.5. The Balaban J connectivity index is 2.03. The van der Waals surface area contributed by atoms with Crippen LogP contribution in [-0.4, -0.2) is 5.91 Å². The van der Waals surface area contributed by atoms with Gasteiger partial charge >= 0.3 is 5.63 Å². The third-order valence-corrected chi connectivity index (χ3v) is 5.40. The van der Waals surface area contributed by atoms with E-state index in [4.69, 9.17) is 26.5 Å². The predicted molar refractivity (Wildman–Crippen MR) is 101 cm³/mol. The summed E-state index contributed by atoms with van der Waals surface area (Å²) in [5.74, 6) is -0.790. The first kappa shape index (κ1) is 16.4.